The predicted molar refractivity (Wildman–Crippen MR) is 116 cm³/mol. The van der Waals surface area contributed by atoms with Crippen molar-refractivity contribution in [2.75, 3.05) is 17.7 Å². The second kappa shape index (κ2) is 8.23. The summed E-state index contributed by atoms with van der Waals surface area (Å²) in [4.78, 5) is 30.4. The Morgan fingerprint density at radius 2 is 2.13 bits per heavy atom. The topological polar surface area (TPSA) is 120 Å². The molecule has 0 spiro atoms. The van der Waals surface area contributed by atoms with Gasteiger partial charge in [-0.1, -0.05) is 6.07 Å². The number of carbonyl (C=O) groups excluding carboxylic acids is 2. The maximum atomic E-state index is 13.0. The first kappa shape index (κ1) is 21.2. The minimum absolute atomic E-state index is 0.0352. The molecule has 4 heterocycles. The Morgan fingerprint density at radius 1 is 1.32 bits per heavy atom. The molecule has 1 N–H and O–H groups in total. The molecule has 0 fully saturated rings. The zero-order chi connectivity index (χ0) is 22.2. The van der Waals surface area contributed by atoms with Crippen LogP contribution in [-0.2, 0) is 26.7 Å². The SMILES string of the molecule is CCOC(=O)c1c(NC(=O)c2cnn(-c3ccccn3)c2C)sc2c1CCS(=O)(=O)C2. The number of fused-ring (bicyclic) bond motifs is 1. The van der Waals surface area contributed by atoms with Crippen LogP contribution in [0.3, 0.4) is 0 Å². The van der Waals surface area contributed by atoms with Crippen molar-refractivity contribution in [2.24, 2.45) is 0 Å². The molecule has 3 aromatic heterocycles. The summed E-state index contributed by atoms with van der Waals surface area (Å²) in [6.45, 7) is 3.61. The number of nitrogens with zero attached hydrogens (tertiary/aromatic N) is 3. The average Bonchev–Trinajstić information content (AvgIpc) is 3.27. The van der Waals surface area contributed by atoms with E-state index in [0.29, 0.717) is 27.5 Å². The van der Waals surface area contributed by atoms with Gasteiger partial charge in [-0.05, 0) is 38.0 Å². The van der Waals surface area contributed by atoms with Crippen molar-refractivity contribution in [1.29, 1.82) is 0 Å². The Kier molecular flexibility index (Phi) is 5.63. The largest absolute Gasteiger partial charge is 0.462 e. The molecule has 0 aliphatic carbocycles. The van der Waals surface area contributed by atoms with Gasteiger partial charge in [-0.2, -0.15) is 5.10 Å². The minimum atomic E-state index is -3.23. The molecule has 1 aliphatic rings. The number of rotatable bonds is 5. The van der Waals surface area contributed by atoms with Crippen LogP contribution in [0, 0.1) is 6.92 Å². The van der Waals surface area contributed by atoms with Crippen LogP contribution in [0.25, 0.3) is 5.82 Å². The maximum Gasteiger partial charge on any atom is 0.341 e. The van der Waals surface area contributed by atoms with Crippen LogP contribution in [0.15, 0.2) is 30.6 Å². The molecule has 0 unspecified atom stereocenters. The van der Waals surface area contributed by atoms with Gasteiger partial charge in [0.15, 0.2) is 15.7 Å². The van der Waals surface area contributed by atoms with Crippen molar-refractivity contribution in [3.63, 3.8) is 0 Å². The number of hydrogen-bond donors (Lipinski definition) is 1. The highest BCUT2D eigenvalue weighted by molar-refractivity contribution is 7.90. The molecule has 0 aromatic carbocycles. The molecule has 0 radical (unpaired) electrons. The smallest absolute Gasteiger partial charge is 0.341 e. The molecule has 1 aliphatic heterocycles. The molecule has 0 saturated heterocycles. The number of hydrogen-bond acceptors (Lipinski definition) is 8. The molecule has 1 amide bonds. The van der Waals surface area contributed by atoms with Crippen LogP contribution < -0.4 is 5.32 Å². The van der Waals surface area contributed by atoms with E-state index in [-0.39, 0.29) is 35.1 Å². The fourth-order valence-corrected chi connectivity index (χ4v) is 6.48. The molecular weight excluding hydrogens is 440 g/mol. The Balaban J connectivity index is 1.68. The summed E-state index contributed by atoms with van der Waals surface area (Å²) in [5.74, 6) is -0.636. The van der Waals surface area contributed by atoms with Crippen LogP contribution in [0.1, 0.15) is 43.8 Å². The monoisotopic (exact) mass is 460 g/mol. The molecule has 11 heteroatoms. The van der Waals surface area contributed by atoms with Crippen molar-refractivity contribution in [1.82, 2.24) is 14.8 Å². The summed E-state index contributed by atoms with van der Waals surface area (Å²) >= 11 is 1.10. The number of sulfone groups is 1. The van der Waals surface area contributed by atoms with E-state index < -0.39 is 21.7 Å². The number of anilines is 1. The number of esters is 1. The van der Waals surface area contributed by atoms with Crippen LogP contribution >= 0.6 is 11.3 Å². The number of thiophene rings is 1. The van der Waals surface area contributed by atoms with E-state index in [9.17, 15) is 18.0 Å². The average molecular weight is 461 g/mol. The van der Waals surface area contributed by atoms with Gasteiger partial charge in [-0.25, -0.2) is 22.9 Å². The van der Waals surface area contributed by atoms with E-state index in [2.05, 4.69) is 15.4 Å². The van der Waals surface area contributed by atoms with Crippen molar-refractivity contribution >= 4 is 38.1 Å². The maximum absolute atomic E-state index is 13.0. The molecule has 9 nitrogen and oxygen atoms in total. The number of nitrogens with one attached hydrogen (secondary N) is 1. The van der Waals surface area contributed by atoms with Crippen molar-refractivity contribution in [3.05, 3.63) is 57.9 Å². The Labute approximate surface area is 183 Å². The number of carbonyl (C=O) groups is 2. The van der Waals surface area contributed by atoms with Crippen LogP contribution in [0.4, 0.5) is 5.00 Å². The van der Waals surface area contributed by atoms with Gasteiger partial charge < -0.3 is 10.1 Å². The quantitative estimate of drug-likeness (QED) is 0.581. The Bertz CT molecular complexity index is 1260. The standard InChI is InChI=1S/C20H20N4O5S2/c1-3-29-20(26)17-13-7-9-31(27,28)11-15(13)30-19(17)23-18(25)14-10-22-24(12(14)2)16-6-4-5-8-21-16/h4-6,8,10H,3,7,9,11H2,1-2H3,(H,23,25). The zero-order valence-electron chi connectivity index (χ0n) is 16.9. The van der Waals surface area contributed by atoms with Gasteiger partial charge in [-0.15, -0.1) is 11.3 Å². The van der Waals surface area contributed by atoms with Gasteiger partial charge in [0, 0.05) is 11.1 Å². The summed E-state index contributed by atoms with van der Waals surface area (Å²) in [5, 5.41) is 7.30. The van der Waals surface area contributed by atoms with E-state index in [4.69, 9.17) is 4.74 Å². The van der Waals surface area contributed by atoms with E-state index in [1.54, 1.807) is 36.9 Å². The third kappa shape index (κ3) is 4.10. The van der Waals surface area contributed by atoms with Crippen LogP contribution in [0.2, 0.25) is 0 Å². The predicted octanol–water partition coefficient (Wildman–Crippen LogP) is 2.54. The molecule has 0 saturated carbocycles. The van der Waals surface area contributed by atoms with Crippen molar-refractivity contribution < 1.29 is 22.7 Å². The number of aromatic nitrogens is 3. The van der Waals surface area contributed by atoms with E-state index in [0.717, 1.165) is 11.3 Å². The number of pyridine rings is 1. The summed E-state index contributed by atoms with van der Waals surface area (Å²) in [7, 11) is -3.23. The van der Waals surface area contributed by atoms with Gasteiger partial charge in [0.1, 0.15) is 5.00 Å². The molecule has 0 atom stereocenters. The van der Waals surface area contributed by atoms with Gasteiger partial charge in [0.05, 0.1) is 41.1 Å². The first-order valence-corrected chi connectivity index (χ1v) is 12.2. The summed E-state index contributed by atoms with van der Waals surface area (Å²) < 4.78 is 30.8. The van der Waals surface area contributed by atoms with Crippen LogP contribution in [0.5, 0.6) is 0 Å². The Morgan fingerprint density at radius 3 is 2.84 bits per heavy atom. The van der Waals surface area contributed by atoms with Gasteiger partial charge in [0.25, 0.3) is 5.91 Å². The van der Waals surface area contributed by atoms with Crippen LogP contribution in [-0.4, -0.2) is 47.4 Å². The lowest BCUT2D eigenvalue weighted by Crippen LogP contribution is -2.20. The van der Waals surface area contributed by atoms with Crippen molar-refractivity contribution in [3.8, 4) is 5.82 Å². The summed E-state index contributed by atoms with van der Waals surface area (Å²) in [6.07, 6.45) is 3.28. The first-order chi connectivity index (χ1) is 14.8. The fraction of sp³-hybridized carbons (Fsp3) is 0.300. The lowest BCUT2D eigenvalue weighted by molar-refractivity contribution is 0.0527. The highest BCUT2D eigenvalue weighted by atomic mass is 32.2. The van der Waals surface area contributed by atoms with E-state index in [1.807, 2.05) is 6.07 Å². The zero-order valence-corrected chi connectivity index (χ0v) is 18.5. The molecule has 3 aromatic rings. The van der Waals surface area contributed by atoms with Gasteiger partial charge in [0.2, 0.25) is 0 Å². The minimum Gasteiger partial charge on any atom is -0.462 e. The molecule has 4 rings (SSSR count). The third-order valence-electron chi connectivity index (χ3n) is 4.93. The molecule has 31 heavy (non-hydrogen) atoms. The number of amides is 1. The second-order valence-electron chi connectivity index (χ2n) is 6.97. The Hall–Kier alpha value is -3.05. The molecule has 162 valence electrons. The summed E-state index contributed by atoms with van der Waals surface area (Å²) in [6, 6.07) is 5.37. The first-order valence-electron chi connectivity index (χ1n) is 9.60. The fourth-order valence-electron chi connectivity index (χ4n) is 3.44. The highest BCUT2D eigenvalue weighted by Crippen LogP contribution is 2.38. The second-order valence-corrected chi connectivity index (χ2v) is 10.3. The van der Waals surface area contributed by atoms with Gasteiger partial charge in [-0.3, -0.25) is 4.79 Å². The highest BCUT2D eigenvalue weighted by Gasteiger charge is 2.32. The summed E-state index contributed by atoms with van der Waals surface area (Å²) in [5.41, 5.74) is 1.77. The lowest BCUT2D eigenvalue weighted by atomic mass is 10.1. The molecule has 0 bridgehead atoms. The van der Waals surface area contributed by atoms with E-state index in [1.165, 1.54) is 6.20 Å². The third-order valence-corrected chi connectivity index (χ3v) is 7.82. The number of ether oxygens (including phenoxy) is 1. The van der Waals surface area contributed by atoms with Crippen molar-refractivity contribution in [2.45, 2.75) is 26.0 Å². The normalized spacial score (nSPS) is 14.6. The van der Waals surface area contributed by atoms with E-state index >= 15 is 0 Å². The molecular formula is C20H20N4O5S2. The van der Waals surface area contributed by atoms with Gasteiger partial charge >= 0.3 is 5.97 Å². The lowest BCUT2D eigenvalue weighted by Gasteiger charge is -2.13.